The van der Waals surface area contributed by atoms with Crippen LogP contribution in [0.4, 0.5) is 8.78 Å². The first kappa shape index (κ1) is 14.8. The van der Waals surface area contributed by atoms with Gasteiger partial charge >= 0.3 is 0 Å². The van der Waals surface area contributed by atoms with E-state index in [1.807, 2.05) is 20.8 Å². The number of hydrogen-bond acceptors (Lipinski definition) is 2. The highest BCUT2D eigenvalue weighted by Crippen LogP contribution is 2.26. The van der Waals surface area contributed by atoms with Crippen LogP contribution in [-0.2, 0) is 24.2 Å². The Hall–Kier alpha value is -0.650. The minimum absolute atomic E-state index is 0.00811. The summed E-state index contributed by atoms with van der Waals surface area (Å²) in [5.41, 5.74) is 1.29. The second-order valence-corrected chi connectivity index (χ2v) is 7.96. The maximum atomic E-state index is 13.6. The fraction of sp³-hybridized carbons (Fsp3) is 0.571. The van der Waals surface area contributed by atoms with Crippen molar-refractivity contribution in [1.29, 1.82) is 0 Å². The summed E-state index contributed by atoms with van der Waals surface area (Å²) in [5.74, 6) is -1.01. The summed E-state index contributed by atoms with van der Waals surface area (Å²) in [5, 5.41) is 0. The van der Waals surface area contributed by atoms with Crippen molar-refractivity contribution in [2.24, 2.45) is 0 Å². The highest BCUT2D eigenvalue weighted by atomic mass is 32.2. The first-order valence-electron chi connectivity index (χ1n) is 6.42. The number of nitrogens with one attached hydrogen (secondary N) is 1. The van der Waals surface area contributed by atoms with Crippen LogP contribution in [-0.4, -0.2) is 15.3 Å². The van der Waals surface area contributed by atoms with Crippen LogP contribution in [0, 0.1) is 11.6 Å². The Bertz CT molecular complexity index is 473. The van der Waals surface area contributed by atoms with Gasteiger partial charge in [-0.25, -0.2) is 8.78 Å². The highest BCUT2D eigenvalue weighted by Gasteiger charge is 2.31. The SMILES string of the molecule is CC(C)(C)[S+]([O-])NC1CCc2c(F)cc(F)cc2C1. The Morgan fingerprint density at radius 1 is 1.32 bits per heavy atom. The van der Waals surface area contributed by atoms with Crippen LogP contribution in [0.1, 0.15) is 38.3 Å². The van der Waals surface area contributed by atoms with Gasteiger partial charge < -0.3 is 4.55 Å². The summed E-state index contributed by atoms with van der Waals surface area (Å²) in [7, 11) is 0. The number of fused-ring (bicyclic) bond motifs is 1. The van der Waals surface area contributed by atoms with Crippen LogP contribution in [0.2, 0.25) is 0 Å². The van der Waals surface area contributed by atoms with Gasteiger partial charge in [-0.2, -0.15) is 0 Å². The van der Waals surface area contributed by atoms with Crippen molar-refractivity contribution in [3.63, 3.8) is 0 Å². The molecule has 0 fully saturated rings. The van der Waals surface area contributed by atoms with Gasteiger partial charge in [0.05, 0.1) is 6.04 Å². The minimum atomic E-state index is -1.16. The van der Waals surface area contributed by atoms with E-state index in [2.05, 4.69) is 4.72 Å². The van der Waals surface area contributed by atoms with Crippen molar-refractivity contribution in [1.82, 2.24) is 4.72 Å². The van der Waals surface area contributed by atoms with E-state index >= 15 is 0 Å². The molecule has 0 amide bonds. The molecule has 0 saturated heterocycles. The molecule has 0 bridgehead atoms. The van der Waals surface area contributed by atoms with Crippen molar-refractivity contribution in [3.05, 3.63) is 34.9 Å². The van der Waals surface area contributed by atoms with Gasteiger partial charge in [-0.1, -0.05) is 0 Å². The van der Waals surface area contributed by atoms with Gasteiger partial charge in [-0.05, 0) is 57.2 Å². The van der Waals surface area contributed by atoms with Crippen molar-refractivity contribution >= 4 is 11.4 Å². The van der Waals surface area contributed by atoms with Crippen molar-refractivity contribution in [2.75, 3.05) is 0 Å². The zero-order valence-electron chi connectivity index (χ0n) is 11.4. The van der Waals surface area contributed by atoms with E-state index in [4.69, 9.17) is 0 Å². The quantitative estimate of drug-likeness (QED) is 0.849. The molecule has 2 atom stereocenters. The molecule has 1 aromatic carbocycles. The summed E-state index contributed by atoms with van der Waals surface area (Å²) in [4.78, 5) is 0. The Morgan fingerprint density at radius 3 is 2.63 bits per heavy atom. The molecule has 1 aromatic rings. The van der Waals surface area contributed by atoms with E-state index in [0.717, 1.165) is 12.5 Å². The standard InChI is InChI=1S/C14H19F2NOS/c1-14(2,3)19(18)17-11-4-5-12-9(7-11)6-10(15)8-13(12)16/h6,8,11,17H,4-5,7H2,1-3H3. The molecule has 1 aliphatic rings. The summed E-state index contributed by atoms with van der Waals surface area (Å²) in [6.45, 7) is 5.69. The van der Waals surface area contributed by atoms with Crippen molar-refractivity contribution < 1.29 is 13.3 Å². The lowest BCUT2D eigenvalue weighted by Gasteiger charge is -2.30. The van der Waals surface area contributed by atoms with Crippen LogP contribution in [0.5, 0.6) is 0 Å². The Kier molecular flexibility index (Phi) is 4.18. The predicted molar refractivity (Wildman–Crippen MR) is 73.2 cm³/mol. The molecule has 19 heavy (non-hydrogen) atoms. The topological polar surface area (TPSA) is 35.1 Å². The molecule has 0 aromatic heterocycles. The molecule has 0 saturated carbocycles. The molecule has 5 heteroatoms. The number of halogens is 2. The second-order valence-electron chi connectivity index (χ2n) is 5.96. The van der Waals surface area contributed by atoms with Gasteiger partial charge in [0.1, 0.15) is 16.4 Å². The smallest absolute Gasteiger partial charge is 0.136 e. The van der Waals surface area contributed by atoms with E-state index < -0.39 is 23.0 Å². The summed E-state index contributed by atoms with van der Waals surface area (Å²) in [6.07, 6.45) is 1.80. The fourth-order valence-electron chi connectivity index (χ4n) is 2.23. The average Bonchev–Trinajstić information content (AvgIpc) is 2.26. The number of hydrogen-bond donors (Lipinski definition) is 1. The third kappa shape index (κ3) is 3.46. The Morgan fingerprint density at radius 2 is 2.00 bits per heavy atom. The van der Waals surface area contributed by atoms with Gasteiger partial charge in [0.15, 0.2) is 0 Å². The minimum Gasteiger partial charge on any atom is -0.598 e. The lowest BCUT2D eigenvalue weighted by Crippen LogP contribution is -2.46. The zero-order valence-corrected chi connectivity index (χ0v) is 12.2. The van der Waals surface area contributed by atoms with E-state index in [-0.39, 0.29) is 10.8 Å². The maximum absolute atomic E-state index is 13.6. The second kappa shape index (κ2) is 5.38. The first-order valence-corrected chi connectivity index (χ1v) is 7.57. The number of rotatable bonds is 2. The lowest BCUT2D eigenvalue weighted by molar-refractivity contribution is 0.475. The molecular formula is C14H19F2NOS. The fourth-order valence-corrected chi connectivity index (χ4v) is 3.09. The first-order chi connectivity index (χ1) is 8.77. The summed E-state index contributed by atoms with van der Waals surface area (Å²) < 4.78 is 41.6. The van der Waals surface area contributed by atoms with Crippen molar-refractivity contribution in [3.8, 4) is 0 Å². The van der Waals surface area contributed by atoms with Crippen LogP contribution in [0.25, 0.3) is 0 Å². The van der Waals surface area contributed by atoms with Gasteiger partial charge in [0.25, 0.3) is 0 Å². The summed E-state index contributed by atoms with van der Waals surface area (Å²) >= 11 is -1.16. The van der Waals surface area contributed by atoms with Gasteiger partial charge in [0.2, 0.25) is 0 Å². The largest absolute Gasteiger partial charge is 0.598 e. The molecule has 0 heterocycles. The average molecular weight is 287 g/mol. The van der Waals surface area contributed by atoms with Gasteiger partial charge in [-0.3, -0.25) is 0 Å². The van der Waals surface area contributed by atoms with E-state index in [0.29, 0.717) is 24.0 Å². The van der Waals surface area contributed by atoms with Crippen molar-refractivity contribution in [2.45, 2.75) is 50.8 Å². The molecule has 2 unspecified atom stereocenters. The molecule has 0 aliphatic heterocycles. The Labute approximate surface area is 115 Å². The van der Waals surface area contributed by atoms with Gasteiger partial charge in [-0.15, -0.1) is 4.72 Å². The molecule has 0 radical (unpaired) electrons. The molecule has 1 aliphatic carbocycles. The molecule has 2 nitrogen and oxygen atoms in total. The molecular weight excluding hydrogens is 268 g/mol. The van der Waals surface area contributed by atoms with E-state index in [9.17, 15) is 13.3 Å². The van der Waals surface area contributed by atoms with E-state index in [1.165, 1.54) is 6.07 Å². The predicted octanol–water partition coefficient (Wildman–Crippen LogP) is 2.87. The summed E-state index contributed by atoms with van der Waals surface area (Å²) in [6, 6.07) is 2.32. The third-order valence-corrected chi connectivity index (χ3v) is 4.95. The van der Waals surface area contributed by atoms with Crippen LogP contribution in [0.3, 0.4) is 0 Å². The lowest BCUT2D eigenvalue weighted by atomic mass is 9.88. The Balaban J connectivity index is 2.10. The molecule has 2 rings (SSSR count). The molecule has 0 spiro atoms. The van der Waals surface area contributed by atoms with Gasteiger partial charge in [0, 0.05) is 17.4 Å². The van der Waals surface area contributed by atoms with Crippen LogP contribution >= 0.6 is 0 Å². The highest BCUT2D eigenvalue weighted by molar-refractivity contribution is 7.90. The zero-order chi connectivity index (χ0) is 14.2. The maximum Gasteiger partial charge on any atom is 0.136 e. The number of benzene rings is 1. The molecule has 1 N–H and O–H groups in total. The van der Waals surface area contributed by atoms with E-state index in [1.54, 1.807) is 0 Å². The van der Waals surface area contributed by atoms with Crippen LogP contribution < -0.4 is 4.72 Å². The van der Waals surface area contributed by atoms with Crippen LogP contribution in [0.15, 0.2) is 12.1 Å². The third-order valence-electron chi connectivity index (χ3n) is 3.29. The monoisotopic (exact) mass is 287 g/mol. The normalized spacial score (nSPS) is 21.1. The molecule has 106 valence electrons.